The Morgan fingerprint density at radius 1 is 1.40 bits per heavy atom. The molecule has 0 bridgehead atoms. The molecular formula is C14H20N6O4S. The van der Waals surface area contributed by atoms with Crippen molar-refractivity contribution in [1.29, 1.82) is 0 Å². The summed E-state index contributed by atoms with van der Waals surface area (Å²) < 4.78 is 7.34. The van der Waals surface area contributed by atoms with E-state index in [1.807, 2.05) is 12.2 Å². The van der Waals surface area contributed by atoms with Crippen molar-refractivity contribution in [2.45, 2.75) is 24.5 Å². The summed E-state index contributed by atoms with van der Waals surface area (Å²) in [5.74, 6) is 0.424. The number of fused-ring (bicyclic) bond motifs is 1. The minimum atomic E-state index is -1.21. The SMILES string of the molecule is NC/C=C/CNc1nc(=S)c2ncn([C@@H]3O[C@H](CO)C(O)C3O)c2[nH]1. The highest BCUT2D eigenvalue weighted by Gasteiger charge is 2.43. The van der Waals surface area contributed by atoms with Crippen molar-refractivity contribution in [3.63, 3.8) is 0 Å². The number of ether oxygens (including phenoxy) is 1. The number of hydrogen-bond donors (Lipinski definition) is 6. The van der Waals surface area contributed by atoms with E-state index in [0.717, 1.165) is 0 Å². The third-order valence-electron chi connectivity index (χ3n) is 3.93. The van der Waals surface area contributed by atoms with Crippen LogP contribution in [0.3, 0.4) is 0 Å². The van der Waals surface area contributed by atoms with E-state index in [2.05, 4.69) is 20.3 Å². The second-order valence-corrected chi connectivity index (χ2v) is 5.94. The fraction of sp³-hybridized carbons (Fsp3) is 0.500. The summed E-state index contributed by atoms with van der Waals surface area (Å²) >= 11 is 5.25. The summed E-state index contributed by atoms with van der Waals surface area (Å²) in [6.45, 7) is 0.546. The number of aromatic amines is 1. The number of rotatable bonds is 6. The molecule has 0 aromatic carbocycles. The van der Waals surface area contributed by atoms with Crippen LogP contribution in [0.5, 0.6) is 0 Å². The van der Waals surface area contributed by atoms with Crippen LogP contribution in [0.1, 0.15) is 6.23 Å². The van der Waals surface area contributed by atoms with Gasteiger partial charge < -0.3 is 36.1 Å². The van der Waals surface area contributed by atoms with Crippen molar-refractivity contribution in [2.75, 3.05) is 25.0 Å². The van der Waals surface area contributed by atoms with Gasteiger partial charge in [-0.1, -0.05) is 24.4 Å². The largest absolute Gasteiger partial charge is 0.394 e. The smallest absolute Gasteiger partial charge is 0.203 e. The van der Waals surface area contributed by atoms with Crippen LogP contribution in [0.15, 0.2) is 18.5 Å². The highest BCUT2D eigenvalue weighted by Crippen LogP contribution is 2.31. The third kappa shape index (κ3) is 3.42. The van der Waals surface area contributed by atoms with Crippen molar-refractivity contribution < 1.29 is 20.1 Å². The molecular weight excluding hydrogens is 348 g/mol. The van der Waals surface area contributed by atoms with E-state index in [9.17, 15) is 15.3 Å². The molecule has 2 aromatic heterocycles. The van der Waals surface area contributed by atoms with Gasteiger partial charge in [0.15, 0.2) is 10.9 Å². The molecule has 10 nitrogen and oxygen atoms in total. The number of nitrogens with zero attached hydrogens (tertiary/aromatic N) is 3. The zero-order valence-corrected chi connectivity index (χ0v) is 14.1. The Bertz CT molecular complexity index is 821. The molecule has 2 aromatic rings. The van der Waals surface area contributed by atoms with Gasteiger partial charge in [0.05, 0.1) is 12.9 Å². The van der Waals surface area contributed by atoms with Crippen LogP contribution >= 0.6 is 12.2 Å². The van der Waals surface area contributed by atoms with Crippen LogP contribution in [0.4, 0.5) is 5.95 Å². The van der Waals surface area contributed by atoms with Crippen molar-refractivity contribution in [3.8, 4) is 0 Å². The van der Waals surface area contributed by atoms with Crippen LogP contribution < -0.4 is 11.1 Å². The summed E-state index contributed by atoms with van der Waals surface area (Å²) in [5.41, 5.74) is 6.31. The molecule has 2 unspecified atom stereocenters. The Balaban J connectivity index is 1.93. The van der Waals surface area contributed by atoms with Crippen LogP contribution in [0, 0.1) is 4.64 Å². The van der Waals surface area contributed by atoms with E-state index in [-0.39, 0.29) is 4.64 Å². The van der Waals surface area contributed by atoms with Gasteiger partial charge in [-0.05, 0) is 0 Å². The summed E-state index contributed by atoms with van der Waals surface area (Å²) in [6, 6.07) is 0. The molecule has 1 fully saturated rings. The van der Waals surface area contributed by atoms with Gasteiger partial charge in [0.25, 0.3) is 0 Å². The lowest BCUT2D eigenvalue weighted by molar-refractivity contribution is -0.0511. The molecule has 3 heterocycles. The first kappa shape index (κ1) is 17.9. The first-order valence-electron chi connectivity index (χ1n) is 7.75. The predicted molar refractivity (Wildman–Crippen MR) is 92.4 cm³/mol. The van der Waals surface area contributed by atoms with Crippen molar-refractivity contribution >= 4 is 29.3 Å². The summed E-state index contributed by atoms with van der Waals surface area (Å²) in [4.78, 5) is 11.5. The van der Waals surface area contributed by atoms with Gasteiger partial charge in [0.2, 0.25) is 5.95 Å². The monoisotopic (exact) mass is 368 g/mol. The number of aromatic nitrogens is 4. The Morgan fingerprint density at radius 3 is 2.88 bits per heavy atom. The Kier molecular flexibility index (Phi) is 5.42. The highest BCUT2D eigenvalue weighted by molar-refractivity contribution is 7.71. The molecule has 1 saturated heterocycles. The van der Waals surface area contributed by atoms with Gasteiger partial charge >= 0.3 is 0 Å². The molecule has 0 spiro atoms. The van der Waals surface area contributed by atoms with Crippen LogP contribution in [-0.2, 0) is 4.74 Å². The Labute approximate surface area is 148 Å². The normalized spacial score (nSPS) is 26.7. The van der Waals surface area contributed by atoms with Gasteiger partial charge in [0.1, 0.15) is 29.5 Å². The lowest BCUT2D eigenvalue weighted by atomic mass is 10.1. The molecule has 1 aliphatic rings. The second-order valence-electron chi connectivity index (χ2n) is 5.56. The molecule has 0 aliphatic carbocycles. The van der Waals surface area contributed by atoms with Gasteiger partial charge in [0, 0.05) is 13.1 Å². The van der Waals surface area contributed by atoms with Gasteiger partial charge in [-0.25, -0.2) is 9.97 Å². The van der Waals surface area contributed by atoms with Crippen molar-refractivity contribution in [2.24, 2.45) is 5.73 Å². The number of hydrogen-bond acceptors (Lipinski definition) is 9. The molecule has 7 N–H and O–H groups in total. The first-order chi connectivity index (χ1) is 12.1. The highest BCUT2D eigenvalue weighted by atomic mass is 32.1. The maximum atomic E-state index is 10.2. The lowest BCUT2D eigenvalue weighted by Crippen LogP contribution is -2.33. The molecule has 3 rings (SSSR count). The molecule has 0 radical (unpaired) electrons. The average Bonchev–Trinajstić information content (AvgIpc) is 3.14. The zero-order valence-electron chi connectivity index (χ0n) is 13.2. The molecule has 4 atom stereocenters. The topological polar surface area (TPSA) is 154 Å². The lowest BCUT2D eigenvalue weighted by Gasteiger charge is -2.17. The number of aliphatic hydroxyl groups excluding tert-OH is 3. The molecule has 0 amide bonds. The molecule has 11 heteroatoms. The molecule has 25 heavy (non-hydrogen) atoms. The maximum absolute atomic E-state index is 10.2. The Morgan fingerprint density at radius 2 is 2.20 bits per heavy atom. The van der Waals surface area contributed by atoms with Crippen LogP contribution in [0.2, 0.25) is 0 Å². The molecule has 136 valence electrons. The summed E-state index contributed by atoms with van der Waals surface area (Å²) in [5, 5.41) is 32.4. The van der Waals surface area contributed by atoms with Gasteiger partial charge in [-0.2, -0.15) is 0 Å². The van der Waals surface area contributed by atoms with Gasteiger partial charge in [-0.15, -0.1) is 0 Å². The van der Waals surface area contributed by atoms with Crippen molar-refractivity contribution in [1.82, 2.24) is 19.5 Å². The minimum Gasteiger partial charge on any atom is -0.394 e. The minimum absolute atomic E-state index is 0.282. The zero-order chi connectivity index (χ0) is 18.0. The molecule has 1 aliphatic heterocycles. The van der Waals surface area contributed by atoms with Gasteiger partial charge in [-0.3, -0.25) is 4.57 Å². The summed E-state index contributed by atoms with van der Waals surface area (Å²) in [7, 11) is 0. The van der Waals surface area contributed by atoms with E-state index in [1.165, 1.54) is 10.9 Å². The van der Waals surface area contributed by atoms with E-state index in [4.69, 9.17) is 22.7 Å². The average molecular weight is 368 g/mol. The van der Waals surface area contributed by atoms with E-state index in [1.54, 1.807) is 0 Å². The predicted octanol–water partition coefficient (Wildman–Crippen LogP) is -0.973. The number of anilines is 1. The standard InChI is InChI=1S/C14H20N6O4S/c15-3-1-2-4-16-14-18-11-8(12(25)19-14)17-6-20(11)13-10(23)9(22)7(5-21)24-13/h1-2,6-7,9-10,13,21-23H,3-5,15H2,(H2,16,18,19,25)/b2-1+/t7-,9?,10?,13-/m1/s1. The second kappa shape index (κ2) is 7.56. The molecule has 0 saturated carbocycles. The van der Waals surface area contributed by atoms with E-state index in [0.29, 0.717) is 30.2 Å². The van der Waals surface area contributed by atoms with E-state index < -0.39 is 31.1 Å². The number of aliphatic hydroxyl groups is 3. The van der Waals surface area contributed by atoms with Crippen LogP contribution in [0.25, 0.3) is 11.2 Å². The number of imidazole rings is 1. The van der Waals surface area contributed by atoms with Crippen LogP contribution in [-0.4, -0.2) is 72.8 Å². The first-order valence-corrected chi connectivity index (χ1v) is 8.16. The van der Waals surface area contributed by atoms with E-state index >= 15 is 0 Å². The maximum Gasteiger partial charge on any atom is 0.203 e. The fourth-order valence-electron chi connectivity index (χ4n) is 2.66. The number of nitrogens with two attached hydrogens (primary N) is 1. The quantitative estimate of drug-likeness (QED) is 0.279. The summed E-state index contributed by atoms with van der Waals surface area (Å²) in [6.07, 6.45) is 0.911. The number of H-pyrrole nitrogens is 1. The fourth-order valence-corrected chi connectivity index (χ4v) is 2.90. The Hall–Kier alpha value is -1.89. The van der Waals surface area contributed by atoms with Crippen molar-refractivity contribution in [3.05, 3.63) is 23.1 Å². The third-order valence-corrected chi connectivity index (χ3v) is 4.21. The number of nitrogens with one attached hydrogen (secondary N) is 2.